The normalized spacial score (nSPS) is 50.2. The Morgan fingerprint density at radius 3 is 2.40 bits per heavy atom. The van der Waals surface area contributed by atoms with Crippen molar-refractivity contribution < 1.29 is 50.3 Å². The summed E-state index contributed by atoms with van der Waals surface area (Å²) in [4.78, 5) is 0. The molecule has 1 heterocycles. The van der Waals surface area contributed by atoms with Crippen LogP contribution in [0.4, 0.5) is 0 Å². The molecule has 0 aromatic carbocycles. The second kappa shape index (κ2) is 12.9. The van der Waals surface area contributed by atoms with Gasteiger partial charge in [-0.15, -0.1) is 0 Å². The number of fused-ring (bicyclic) bond motifs is 5. The van der Waals surface area contributed by atoms with E-state index >= 15 is 0 Å². The van der Waals surface area contributed by atoms with Crippen LogP contribution >= 0.6 is 0 Å². The average molecular weight is 613 g/mol. The van der Waals surface area contributed by atoms with Gasteiger partial charge in [-0.3, -0.25) is 0 Å². The van der Waals surface area contributed by atoms with Crippen LogP contribution in [0.25, 0.3) is 0 Å². The molecule has 10 nitrogen and oxygen atoms in total. The molecule has 4 aliphatic carbocycles. The fraction of sp³-hybridized carbons (Fsp3) is 0.939. The maximum Gasteiger partial charge on any atom is 0.186 e. The van der Waals surface area contributed by atoms with Gasteiger partial charge in [0.15, 0.2) is 6.29 Å². The smallest absolute Gasteiger partial charge is 0.186 e. The number of rotatable bonds is 9. The summed E-state index contributed by atoms with van der Waals surface area (Å²) in [6, 6.07) is 0. The number of hydrogen-bond acceptors (Lipinski definition) is 10. The van der Waals surface area contributed by atoms with Gasteiger partial charge in [-0.25, -0.2) is 0 Å². The number of allylic oxidation sites excluding steroid dienone is 1. The third kappa shape index (κ3) is 5.88. The molecule has 10 heteroatoms. The van der Waals surface area contributed by atoms with Gasteiger partial charge in [-0.05, 0) is 97.7 Å². The highest BCUT2D eigenvalue weighted by Gasteiger charge is 2.64. The molecule has 43 heavy (non-hydrogen) atoms. The molecular formula is C33H56O10. The number of aliphatic hydroxyl groups is 8. The Hall–Kier alpha value is -0.660. The van der Waals surface area contributed by atoms with Crippen LogP contribution in [0.5, 0.6) is 0 Å². The zero-order chi connectivity index (χ0) is 31.4. The summed E-state index contributed by atoms with van der Waals surface area (Å²) in [6.07, 6.45) is -0.787. The maximum absolute atomic E-state index is 11.9. The standard InChI is InChI=1S/C33H56O10/c1-16(14-34)5-8-22(36)17(2)26-23(37)12-21-20-7-6-18-11-19(42-31-30(41)29(40)28(39)25(15-35)43-31)9-10-32(18,3)27(20)24(38)13-33(21,26)4/h6,16-17,19-31,34-41H,5,7-15H2,1-4H3/t16-,17-,19+,20+,21+,22-,23+,24-,25-,26+,27-,28-,29+,30-,31-,32+,33+/m1/s1. The van der Waals surface area contributed by atoms with Gasteiger partial charge in [0, 0.05) is 6.61 Å². The Kier molecular flexibility index (Phi) is 10.1. The third-order valence-electron chi connectivity index (χ3n) is 12.7. The van der Waals surface area contributed by atoms with Gasteiger partial charge in [0.2, 0.25) is 0 Å². The lowest BCUT2D eigenvalue weighted by Gasteiger charge is -2.60. The largest absolute Gasteiger partial charge is 0.396 e. The van der Waals surface area contributed by atoms with E-state index in [-0.39, 0.29) is 59.0 Å². The van der Waals surface area contributed by atoms with E-state index in [9.17, 15) is 40.9 Å². The monoisotopic (exact) mass is 612 g/mol. The van der Waals surface area contributed by atoms with Crippen LogP contribution in [0.15, 0.2) is 11.6 Å². The van der Waals surface area contributed by atoms with E-state index in [2.05, 4.69) is 19.9 Å². The lowest BCUT2D eigenvalue weighted by molar-refractivity contribution is -0.313. The van der Waals surface area contributed by atoms with Crippen molar-refractivity contribution in [3.8, 4) is 0 Å². The van der Waals surface area contributed by atoms with E-state index in [1.807, 2.05) is 13.8 Å². The lowest BCUT2D eigenvalue weighted by Crippen LogP contribution is -2.60. The fourth-order valence-corrected chi connectivity index (χ4v) is 10.3. The van der Waals surface area contributed by atoms with Gasteiger partial charge < -0.3 is 50.3 Å². The summed E-state index contributed by atoms with van der Waals surface area (Å²) < 4.78 is 11.7. The third-order valence-corrected chi connectivity index (χ3v) is 12.7. The van der Waals surface area contributed by atoms with Crippen molar-refractivity contribution in [1.82, 2.24) is 0 Å². The van der Waals surface area contributed by atoms with E-state index in [1.54, 1.807) is 0 Å². The molecule has 0 amide bonds. The SMILES string of the molecule is C[C@@H](CO)CC[C@@H](O)[C@@H](C)[C@H]1[C@@H](O)C[C@H]2[C@@H]3CC=C4C[C@@H](O[C@@H]5O[C@H](CO)[C@@H](O)[C@H](O)[C@H]5O)CC[C@]4(C)[C@H]3[C@H](O)C[C@]12C. The molecule has 0 radical (unpaired) electrons. The first-order valence-electron chi connectivity index (χ1n) is 16.6. The van der Waals surface area contributed by atoms with Crippen molar-refractivity contribution in [1.29, 1.82) is 0 Å². The summed E-state index contributed by atoms with van der Waals surface area (Å²) in [5, 5.41) is 84.1. The summed E-state index contributed by atoms with van der Waals surface area (Å²) in [6.45, 7) is 8.04. The van der Waals surface area contributed by atoms with Crippen LogP contribution in [0.1, 0.15) is 79.1 Å². The zero-order valence-electron chi connectivity index (χ0n) is 26.2. The Morgan fingerprint density at radius 1 is 1.00 bits per heavy atom. The first-order valence-corrected chi connectivity index (χ1v) is 16.6. The number of hydrogen-bond donors (Lipinski definition) is 8. The highest BCUT2D eigenvalue weighted by molar-refractivity contribution is 5.27. The van der Waals surface area contributed by atoms with Crippen LogP contribution in [-0.2, 0) is 9.47 Å². The summed E-state index contributed by atoms with van der Waals surface area (Å²) in [7, 11) is 0. The fourth-order valence-electron chi connectivity index (χ4n) is 10.3. The van der Waals surface area contributed by atoms with Crippen molar-refractivity contribution in [3.63, 3.8) is 0 Å². The Labute approximate surface area is 255 Å². The van der Waals surface area contributed by atoms with Crippen LogP contribution in [0.2, 0.25) is 0 Å². The zero-order valence-corrected chi connectivity index (χ0v) is 26.2. The maximum atomic E-state index is 11.9. The minimum absolute atomic E-state index is 0.0374. The molecule has 3 saturated carbocycles. The second-order valence-corrected chi connectivity index (χ2v) is 15.3. The van der Waals surface area contributed by atoms with E-state index in [1.165, 1.54) is 5.57 Å². The predicted molar refractivity (Wildman–Crippen MR) is 157 cm³/mol. The van der Waals surface area contributed by atoms with Crippen LogP contribution in [0.3, 0.4) is 0 Å². The molecule has 0 aromatic rings. The molecular weight excluding hydrogens is 556 g/mol. The summed E-state index contributed by atoms with van der Waals surface area (Å²) >= 11 is 0. The van der Waals surface area contributed by atoms with Crippen molar-refractivity contribution in [3.05, 3.63) is 11.6 Å². The number of aliphatic hydroxyl groups excluding tert-OH is 8. The predicted octanol–water partition coefficient (Wildman–Crippen LogP) is 1.10. The van der Waals surface area contributed by atoms with Gasteiger partial charge >= 0.3 is 0 Å². The number of ether oxygens (including phenoxy) is 2. The molecule has 4 fully saturated rings. The van der Waals surface area contributed by atoms with Gasteiger partial charge in [-0.2, -0.15) is 0 Å². The Morgan fingerprint density at radius 2 is 1.72 bits per heavy atom. The first kappa shape index (κ1) is 33.7. The van der Waals surface area contributed by atoms with E-state index < -0.39 is 55.6 Å². The van der Waals surface area contributed by atoms with Crippen LogP contribution < -0.4 is 0 Å². The van der Waals surface area contributed by atoms with Crippen LogP contribution in [-0.4, -0.2) is 109 Å². The van der Waals surface area contributed by atoms with Crippen molar-refractivity contribution in [2.75, 3.05) is 13.2 Å². The molecule has 5 aliphatic rings. The highest BCUT2D eigenvalue weighted by Crippen LogP contribution is 2.67. The average Bonchev–Trinajstić information content (AvgIpc) is 3.24. The molecule has 5 rings (SSSR count). The molecule has 1 aliphatic heterocycles. The van der Waals surface area contributed by atoms with E-state index in [4.69, 9.17) is 9.47 Å². The molecule has 0 aromatic heterocycles. The topological polar surface area (TPSA) is 180 Å². The molecule has 248 valence electrons. The quantitative estimate of drug-likeness (QED) is 0.176. The summed E-state index contributed by atoms with van der Waals surface area (Å²) in [5.41, 5.74) is 0.677. The van der Waals surface area contributed by atoms with Crippen molar-refractivity contribution >= 4 is 0 Å². The summed E-state index contributed by atoms with van der Waals surface area (Å²) in [5.74, 6) is 0.356. The molecule has 0 unspecified atom stereocenters. The minimum Gasteiger partial charge on any atom is -0.396 e. The van der Waals surface area contributed by atoms with Gasteiger partial charge in [0.05, 0.1) is 31.0 Å². The van der Waals surface area contributed by atoms with Crippen molar-refractivity contribution in [2.45, 2.75) is 134 Å². The molecule has 0 spiro atoms. The second-order valence-electron chi connectivity index (χ2n) is 15.3. The van der Waals surface area contributed by atoms with E-state index in [0.29, 0.717) is 32.1 Å². The van der Waals surface area contributed by atoms with Crippen LogP contribution in [0, 0.1) is 46.3 Å². The molecule has 8 N–H and O–H groups in total. The lowest BCUT2D eigenvalue weighted by atomic mass is 9.46. The van der Waals surface area contributed by atoms with Gasteiger partial charge in [0.1, 0.15) is 24.4 Å². The highest BCUT2D eigenvalue weighted by atomic mass is 16.7. The molecule has 17 atom stereocenters. The first-order chi connectivity index (χ1) is 20.3. The Balaban J connectivity index is 1.30. The minimum atomic E-state index is -1.48. The molecule has 1 saturated heterocycles. The van der Waals surface area contributed by atoms with Crippen molar-refractivity contribution in [2.24, 2.45) is 46.3 Å². The Bertz CT molecular complexity index is 991. The van der Waals surface area contributed by atoms with E-state index in [0.717, 1.165) is 19.3 Å². The van der Waals surface area contributed by atoms with Gasteiger partial charge in [-0.1, -0.05) is 39.3 Å². The van der Waals surface area contributed by atoms with Gasteiger partial charge in [0.25, 0.3) is 0 Å². The molecule has 0 bridgehead atoms.